The fraction of sp³-hybridized carbons (Fsp3) is 0.211. The maximum absolute atomic E-state index is 5.26. The first-order chi connectivity index (χ1) is 10.3. The van der Waals surface area contributed by atoms with Crippen molar-refractivity contribution in [2.24, 2.45) is 0 Å². The second kappa shape index (κ2) is 6.89. The van der Waals surface area contributed by atoms with Crippen molar-refractivity contribution in [1.82, 2.24) is 4.98 Å². The second-order valence-electron chi connectivity index (χ2n) is 4.57. The Labute approximate surface area is 126 Å². The van der Waals surface area contributed by atoms with E-state index in [2.05, 4.69) is 25.1 Å². The lowest BCUT2D eigenvalue weighted by Gasteiger charge is -2.08. The van der Waals surface area contributed by atoms with E-state index in [4.69, 9.17) is 9.72 Å². The Bertz CT molecular complexity index is 720. The number of ether oxygens (including phenoxy) is 1. The third-order valence-electron chi connectivity index (χ3n) is 3.29. The number of hydrogen-bond donors (Lipinski definition) is 0. The predicted molar refractivity (Wildman–Crippen MR) is 89.8 cm³/mol. The van der Waals surface area contributed by atoms with E-state index >= 15 is 0 Å². The summed E-state index contributed by atoms with van der Waals surface area (Å²) in [6.45, 7) is 6.11. The average molecular weight is 279 g/mol. The Morgan fingerprint density at radius 3 is 2.29 bits per heavy atom. The number of aromatic nitrogens is 1. The van der Waals surface area contributed by atoms with Gasteiger partial charge in [-0.2, -0.15) is 0 Å². The zero-order chi connectivity index (χ0) is 15.2. The summed E-state index contributed by atoms with van der Waals surface area (Å²) in [4.78, 5) is 4.73. The first kappa shape index (κ1) is 15.0. The van der Waals surface area contributed by atoms with Gasteiger partial charge in [-0.05, 0) is 36.8 Å². The molecule has 2 heteroatoms. The van der Waals surface area contributed by atoms with E-state index < -0.39 is 0 Å². The van der Waals surface area contributed by atoms with Crippen molar-refractivity contribution in [3.8, 4) is 17.0 Å². The maximum atomic E-state index is 5.26. The van der Waals surface area contributed by atoms with E-state index in [1.165, 1.54) is 5.56 Å². The van der Waals surface area contributed by atoms with Crippen LogP contribution in [0.5, 0.6) is 5.75 Å². The van der Waals surface area contributed by atoms with Crippen molar-refractivity contribution >= 4 is 10.9 Å². The smallest absolute Gasteiger partial charge is 0.119 e. The van der Waals surface area contributed by atoms with Crippen LogP contribution in [-0.4, -0.2) is 12.1 Å². The normalized spacial score (nSPS) is 9.90. The predicted octanol–water partition coefficient (Wildman–Crippen LogP) is 5.25. The Hall–Kier alpha value is -2.35. The zero-order valence-corrected chi connectivity index (χ0v) is 13.1. The van der Waals surface area contributed by atoms with Gasteiger partial charge in [0.15, 0.2) is 0 Å². The third-order valence-corrected chi connectivity index (χ3v) is 3.29. The topological polar surface area (TPSA) is 22.1 Å². The highest BCUT2D eigenvalue weighted by Gasteiger charge is 2.05. The largest absolute Gasteiger partial charge is 0.497 e. The standard InChI is InChI=1S/C17H15NO.C2H6/c1-12-10-17(13-6-4-3-5-7-13)18-16-9-8-14(19-2)11-15(12)16;1-2/h3-11H,1-2H3;1-2H3. The van der Waals surface area contributed by atoms with Gasteiger partial charge in [-0.3, -0.25) is 0 Å². The minimum absolute atomic E-state index is 0.866. The SMILES string of the molecule is CC.COc1ccc2nc(-c3ccccc3)cc(C)c2c1. The molecular formula is C19H21NO. The van der Waals surface area contributed by atoms with Gasteiger partial charge in [-0.25, -0.2) is 4.98 Å². The number of methoxy groups -OCH3 is 1. The lowest BCUT2D eigenvalue weighted by atomic mass is 10.0. The molecule has 3 aromatic rings. The van der Waals surface area contributed by atoms with Gasteiger partial charge in [0, 0.05) is 10.9 Å². The van der Waals surface area contributed by atoms with Crippen molar-refractivity contribution in [2.75, 3.05) is 7.11 Å². The van der Waals surface area contributed by atoms with Crippen molar-refractivity contribution in [3.05, 3.63) is 60.2 Å². The number of pyridine rings is 1. The van der Waals surface area contributed by atoms with Crippen LogP contribution >= 0.6 is 0 Å². The molecule has 0 N–H and O–H groups in total. The number of benzene rings is 2. The molecule has 2 nitrogen and oxygen atoms in total. The highest BCUT2D eigenvalue weighted by atomic mass is 16.5. The van der Waals surface area contributed by atoms with Gasteiger partial charge in [-0.1, -0.05) is 44.2 Å². The third kappa shape index (κ3) is 3.22. The molecule has 0 spiro atoms. The summed E-state index contributed by atoms with van der Waals surface area (Å²) in [5.41, 5.74) is 4.36. The molecule has 2 aromatic carbocycles. The first-order valence-corrected chi connectivity index (χ1v) is 7.29. The molecule has 0 aliphatic rings. The molecule has 0 saturated heterocycles. The summed E-state index contributed by atoms with van der Waals surface area (Å²) < 4.78 is 5.26. The molecule has 0 atom stereocenters. The summed E-state index contributed by atoms with van der Waals surface area (Å²) in [5, 5.41) is 1.14. The molecule has 0 fully saturated rings. The van der Waals surface area contributed by atoms with Gasteiger partial charge in [0.2, 0.25) is 0 Å². The molecule has 3 rings (SSSR count). The quantitative estimate of drug-likeness (QED) is 0.639. The van der Waals surface area contributed by atoms with E-state index in [0.29, 0.717) is 0 Å². The van der Waals surface area contributed by atoms with Crippen molar-refractivity contribution < 1.29 is 4.74 Å². The Kier molecular flexibility index (Phi) is 4.94. The molecule has 0 radical (unpaired) electrons. The van der Waals surface area contributed by atoms with E-state index in [0.717, 1.165) is 27.9 Å². The molecule has 0 amide bonds. The molecular weight excluding hydrogens is 258 g/mol. The lowest BCUT2D eigenvalue weighted by Crippen LogP contribution is -1.90. The minimum atomic E-state index is 0.866. The van der Waals surface area contributed by atoms with E-state index in [1.54, 1.807) is 7.11 Å². The average Bonchev–Trinajstić information content (AvgIpc) is 2.57. The molecule has 0 aliphatic heterocycles. The molecule has 0 unspecified atom stereocenters. The van der Waals surface area contributed by atoms with Gasteiger partial charge in [0.1, 0.15) is 5.75 Å². The summed E-state index contributed by atoms with van der Waals surface area (Å²) >= 11 is 0. The lowest BCUT2D eigenvalue weighted by molar-refractivity contribution is 0.415. The molecule has 21 heavy (non-hydrogen) atoms. The van der Waals surface area contributed by atoms with E-state index in [-0.39, 0.29) is 0 Å². The number of rotatable bonds is 2. The van der Waals surface area contributed by atoms with Crippen molar-refractivity contribution in [2.45, 2.75) is 20.8 Å². The van der Waals surface area contributed by atoms with Crippen LogP contribution in [0.2, 0.25) is 0 Å². The van der Waals surface area contributed by atoms with Gasteiger partial charge in [0.25, 0.3) is 0 Å². The van der Waals surface area contributed by atoms with Gasteiger partial charge in [0.05, 0.1) is 18.3 Å². The van der Waals surface area contributed by atoms with Crippen LogP contribution in [0.4, 0.5) is 0 Å². The molecule has 1 heterocycles. The Morgan fingerprint density at radius 1 is 0.905 bits per heavy atom. The summed E-state index contributed by atoms with van der Waals surface area (Å²) in [6, 6.07) is 18.4. The summed E-state index contributed by atoms with van der Waals surface area (Å²) in [6.07, 6.45) is 0. The summed E-state index contributed by atoms with van der Waals surface area (Å²) in [7, 11) is 1.68. The van der Waals surface area contributed by atoms with Crippen LogP contribution < -0.4 is 4.74 Å². The van der Waals surface area contributed by atoms with Crippen LogP contribution in [0.3, 0.4) is 0 Å². The second-order valence-corrected chi connectivity index (χ2v) is 4.57. The molecule has 0 bridgehead atoms. The van der Waals surface area contributed by atoms with Crippen molar-refractivity contribution in [3.63, 3.8) is 0 Å². The van der Waals surface area contributed by atoms with E-state index in [1.807, 2.05) is 50.2 Å². The fourth-order valence-corrected chi connectivity index (χ4v) is 2.26. The Balaban J connectivity index is 0.000000774. The Morgan fingerprint density at radius 2 is 1.62 bits per heavy atom. The van der Waals surface area contributed by atoms with Gasteiger partial charge in [-0.15, -0.1) is 0 Å². The number of aryl methyl sites for hydroxylation is 1. The van der Waals surface area contributed by atoms with Crippen LogP contribution in [-0.2, 0) is 0 Å². The van der Waals surface area contributed by atoms with Crippen molar-refractivity contribution in [1.29, 1.82) is 0 Å². The number of fused-ring (bicyclic) bond motifs is 1. The number of hydrogen-bond acceptors (Lipinski definition) is 2. The number of nitrogens with zero attached hydrogens (tertiary/aromatic N) is 1. The zero-order valence-electron chi connectivity index (χ0n) is 13.1. The van der Waals surface area contributed by atoms with Gasteiger partial charge < -0.3 is 4.74 Å². The van der Waals surface area contributed by atoms with Crippen LogP contribution in [0.1, 0.15) is 19.4 Å². The van der Waals surface area contributed by atoms with Crippen LogP contribution in [0.25, 0.3) is 22.2 Å². The maximum Gasteiger partial charge on any atom is 0.119 e. The molecule has 0 aliphatic carbocycles. The first-order valence-electron chi connectivity index (χ1n) is 7.29. The summed E-state index contributed by atoms with van der Waals surface area (Å²) in [5.74, 6) is 0.866. The highest BCUT2D eigenvalue weighted by Crippen LogP contribution is 2.26. The fourth-order valence-electron chi connectivity index (χ4n) is 2.26. The van der Waals surface area contributed by atoms with Gasteiger partial charge >= 0.3 is 0 Å². The monoisotopic (exact) mass is 279 g/mol. The highest BCUT2D eigenvalue weighted by molar-refractivity contribution is 5.86. The molecule has 0 saturated carbocycles. The van der Waals surface area contributed by atoms with Crippen LogP contribution in [0.15, 0.2) is 54.6 Å². The molecule has 1 aromatic heterocycles. The van der Waals surface area contributed by atoms with Crippen LogP contribution in [0, 0.1) is 6.92 Å². The van der Waals surface area contributed by atoms with E-state index in [9.17, 15) is 0 Å². The minimum Gasteiger partial charge on any atom is -0.497 e. The molecule has 108 valence electrons.